The number of rotatable bonds is 7. The Bertz CT molecular complexity index is 1270. The third-order valence-corrected chi connectivity index (χ3v) is 6.61. The lowest BCUT2D eigenvalue weighted by Crippen LogP contribution is -2.65. The van der Waals surface area contributed by atoms with Crippen molar-refractivity contribution < 1.29 is 37.7 Å². The number of aromatic nitrogens is 2. The second-order valence-corrected chi connectivity index (χ2v) is 9.22. The number of carbonyl (C=O) groups excluding carboxylic acids is 2. The molecule has 0 spiro atoms. The van der Waals surface area contributed by atoms with Gasteiger partial charge in [-0.15, -0.1) is 11.3 Å². The van der Waals surface area contributed by atoms with Crippen LogP contribution in [0.5, 0.6) is 5.75 Å². The number of carbonyl (C=O) groups is 2. The number of nitrogens with one attached hydrogen (secondary N) is 1. The van der Waals surface area contributed by atoms with Crippen molar-refractivity contribution in [1.82, 2.24) is 15.0 Å². The van der Waals surface area contributed by atoms with Crippen molar-refractivity contribution in [3.05, 3.63) is 39.3 Å². The van der Waals surface area contributed by atoms with Gasteiger partial charge >= 0.3 is 0 Å². The van der Waals surface area contributed by atoms with Crippen molar-refractivity contribution in [2.24, 2.45) is 11.1 Å². The van der Waals surface area contributed by atoms with E-state index in [1.165, 1.54) is 12.3 Å². The van der Waals surface area contributed by atoms with E-state index in [0.29, 0.717) is 4.73 Å². The highest BCUT2D eigenvalue weighted by molar-refractivity contribution is 7.87. The van der Waals surface area contributed by atoms with Crippen molar-refractivity contribution in [2.45, 2.75) is 24.8 Å². The summed E-state index contributed by atoms with van der Waals surface area (Å²) in [4.78, 5) is 45.2. The van der Waals surface area contributed by atoms with E-state index in [2.05, 4.69) is 15.5 Å². The number of nitrogen functional groups attached to an aromatic ring is 1. The van der Waals surface area contributed by atoms with Gasteiger partial charge < -0.3 is 26.2 Å². The van der Waals surface area contributed by atoms with Crippen molar-refractivity contribution in [3.63, 3.8) is 0 Å². The van der Waals surface area contributed by atoms with Crippen LogP contribution in [0.2, 0.25) is 0 Å². The molecule has 0 bridgehead atoms. The zero-order valence-corrected chi connectivity index (χ0v) is 17.8. The maximum absolute atomic E-state index is 12.7. The Morgan fingerprint density at radius 3 is 2.69 bits per heavy atom. The molecule has 32 heavy (non-hydrogen) atoms. The highest BCUT2D eigenvalue weighted by Gasteiger charge is 2.54. The van der Waals surface area contributed by atoms with Crippen LogP contribution < -0.4 is 16.5 Å². The van der Waals surface area contributed by atoms with Crippen LogP contribution in [0.15, 0.2) is 27.6 Å². The number of anilines is 1. The SMILES string of the molecule is C[C@@H]1C(S(=O)(=O)O)C(=O)[C@H]1NC(=O)/C(=N\OCc1cc(=O)c(O)cn1O)c1csc(N)n1. The Morgan fingerprint density at radius 1 is 1.44 bits per heavy atom. The second-order valence-electron chi connectivity index (χ2n) is 6.79. The fourth-order valence-corrected chi connectivity index (χ4v) is 4.69. The van der Waals surface area contributed by atoms with E-state index >= 15 is 0 Å². The number of pyridine rings is 1. The highest BCUT2D eigenvalue weighted by atomic mass is 32.2. The van der Waals surface area contributed by atoms with E-state index in [1.54, 1.807) is 0 Å². The minimum absolute atomic E-state index is 0.0112. The quantitative estimate of drug-likeness (QED) is 0.134. The smallest absolute Gasteiger partial charge is 0.276 e. The van der Waals surface area contributed by atoms with E-state index in [1.807, 2.05) is 0 Å². The number of aromatic hydroxyl groups is 1. The molecule has 172 valence electrons. The summed E-state index contributed by atoms with van der Waals surface area (Å²) in [6, 6.07) is -0.314. The Labute approximate surface area is 183 Å². The van der Waals surface area contributed by atoms with E-state index in [4.69, 9.17) is 15.1 Å². The van der Waals surface area contributed by atoms with Gasteiger partial charge in [0.15, 0.2) is 34.2 Å². The molecule has 1 fully saturated rings. The summed E-state index contributed by atoms with van der Waals surface area (Å²) in [6.07, 6.45) is 0.745. The summed E-state index contributed by atoms with van der Waals surface area (Å²) in [7, 11) is -4.61. The van der Waals surface area contributed by atoms with Crippen molar-refractivity contribution in [3.8, 4) is 5.75 Å². The minimum atomic E-state index is -4.61. The number of oxime groups is 1. The van der Waals surface area contributed by atoms with Gasteiger partial charge in [-0.3, -0.25) is 18.9 Å². The number of ketones is 1. The minimum Gasteiger partial charge on any atom is -0.503 e. The molecule has 3 atom stereocenters. The van der Waals surface area contributed by atoms with Crippen LogP contribution in [0, 0.1) is 5.92 Å². The van der Waals surface area contributed by atoms with E-state index < -0.39 is 62.5 Å². The number of thiazole rings is 1. The molecule has 1 aliphatic rings. The van der Waals surface area contributed by atoms with Gasteiger partial charge in [-0.2, -0.15) is 13.1 Å². The molecule has 14 nitrogen and oxygen atoms in total. The highest BCUT2D eigenvalue weighted by Crippen LogP contribution is 2.30. The molecular formula is C16H17N5O9S2. The van der Waals surface area contributed by atoms with E-state index in [0.717, 1.165) is 23.6 Å². The third-order valence-electron chi connectivity index (χ3n) is 4.63. The molecule has 1 unspecified atom stereocenters. The largest absolute Gasteiger partial charge is 0.503 e. The first-order valence-electron chi connectivity index (χ1n) is 8.76. The molecule has 1 aliphatic carbocycles. The lowest BCUT2D eigenvalue weighted by molar-refractivity contribution is -0.132. The van der Waals surface area contributed by atoms with Gasteiger partial charge in [-0.05, 0) is 0 Å². The van der Waals surface area contributed by atoms with Gasteiger partial charge in [0.25, 0.3) is 16.0 Å². The van der Waals surface area contributed by atoms with Crippen LogP contribution in [-0.4, -0.2) is 61.7 Å². The predicted octanol–water partition coefficient (Wildman–Crippen LogP) is -1.29. The molecule has 0 aromatic carbocycles. The van der Waals surface area contributed by atoms with Gasteiger partial charge in [-0.25, -0.2) is 4.98 Å². The molecule has 0 aliphatic heterocycles. The Hall–Kier alpha value is -3.50. The van der Waals surface area contributed by atoms with Crippen LogP contribution in [0.3, 0.4) is 0 Å². The molecule has 2 aromatic rings. The summed E-state index contributed by atoms with van der Waals surface area (Å²) in [5.74, 6) is -3.42. The Morgan fingerprint density at radius 2 is 2.12 bits per heavy atom. The van der Waals surface area contributed by atoms with Crippen LogP contribution in [0.1, 0.15) is 18.3 Å². The third kappa shape index (κ3) is 4.56. The molecule has 1 amide bonds. The molecular weight excluding hydrogens is 470 g/mol. The lowest BCUT2D eigenvalue weighted by atomic mass is 9.79. The first-order chi connectivity index (χ1) is 14.9. The summed E-state index contributed by atoms with van der Waals surface area (Å²) >= 11 is 0.987. The van der Waals surface area contributed by atoms with Crippen molar-refractivity contribution >= 4 is 44.0 Å². The number of hydrogen-bond donors (Lipinski definition) is 5. The van der Waals surface area contributed by atoms with Crippen molar-refractivity contribution in [2.75, 3.05) is 5.73 Å². The van der Waals surface area contributed by atoms with Gasteiger partial charge in [0.05, 0.1) is 12.2 Å². The fraction of sp³-hybridized carbons (Fsp3) is 0.312. The van der Waals surface area contributed by atoms with Crippen molar-refractivity contribution in [1.29, 1.82) is 0 Å². The number of amides is 1. The van der Waals surface area contributed by atoms with Crippen LogP contribution in [0.4, 0.5) is 5.13 Å². The van der Waals surface area contributed by atoms with Gasteiger partial charge in [0.2, 0.25) is 5.43 Å². The number of hydrogen-bond acceptors (Lipinski definition) is 12. The topological polar surface area (TPSA) is 224 Å². The first kappa shape index (κ1) is 23.2. The average molecular weight is 487 g/mol. The molecule has 2 heterocycles. The second kappa shape index (κ2) is 8.56. The number of nitrogens with two attached hydrogens (primary N) is 1. The maximum atomic E-state index is 12.7. The van der Waals surface area contributed by atoms with Crippen LogP contribution in [-0.2, 0) is 31.2 Å². The lowest BCUT2D eigenvalue weighted by Gasteiger charge is -2.38. The molecule has 3 rings (SSSR count). The zero-order chi connectivity index (χ0) is 23.8. The number of nitrogens with zero attached hydrogens (tertiary/aromatic N) is 3. The van der Waals surface area contributed by atoms with E-state index in [-0.39, 0.29) is 16.5 Å². The van der Waals surface area contributed by atoms with Gasteiger partial charge in [0.1, 0.15) is 11.4 Å². The van der Waals surface area contributed by atoms with Gasteiger partial charge in [-0.1, -0.05) is 12.1 Å². The summed E-state index contributed by atoms with van der Waals surface area (Å²) in [5, 5.41) is 24.8. The zero-order valence-electron chi connectivity index (χ0n) is 16.2. The van der Waals surface area contributed by atoms with Crippen LogP contribution in [0.25, 0.3) is 0 Å². The molecule has 0 radical (unpaired) electrons. The fourth-order valence-electron chi connectivity index (χ4n) is 3.01. The first-order valence-corrected chi connectivity index (χ1v) is 11.1. The normalized spacial score (nSPS) is 21.1. The molecule has 2 aromatic heterocycles. The summed E-state index contributed by atoms with van der Waals surface area (Å²) in [6.45, 7) is 0.871. The summed E-state index contributed by atoms with van der Waals surface area (Å²) in [5.41, 5.74) is 4.26. The standard InChI is InChI=1S/C16H17N5O9S2/c1-6-11(13(24)14(6)32(27,28)29)19-15(25)12(8-5-31-16(17)18-8)20-30-4-7-2-9(22)10(23)3-21(7)26/h2-3,5-6,11,14,23,26H,4H2,1H3,(H2,17,18)(H,19,25)(H,27,28,29)/b20-12-/t6-,11-,14?/m0/s1. The maximum Gasteiger partial charge on any atom is 0.276 e. The molecule has 1 saturated carbocycles. The Kier molecular flexibility index (Phi) is 6.20. The average Bonchev–Trinajstić information content (AvgIpc) is 3.11. The molecule has 0 saturated heterocycles. The van der Waals surface area contributed by atoms with E-state index in [9.17, 15) is 33.1 Å². The van der Waals surface area contributed by atoms with Gasteiger partial charge in [0, 0.05) is 17.4 Å². The predicted molar refractivity (Wildman–Crippen MR) is 109 cm³/mol. The molecule has 6 N–H and O–H groups in total. The van der Waals surface area contributed by atoms with Crippen LogP contribution >= 0.6 is 11.3 Å². The Balaban J connectivity index is 1.79. The summed E-state index contributed by atoms with van der Waals surface area (Å²) < 4.78 is 32.1. The number of Topliss-reactive ketones (excluding diaryl/α,β-unsaturated/α-hetero) is 1. The monoisotopic (exact) mass is 487 g/mol. The molecule has 16 heteroatoms.